The van der Waals surface area contributed by atoms with E-state index < -0.39 is 0 Å². The minimum absolute atomic E-state index is 0.508. The largest absolute Gasteiger partial charge is 0.496 e. The third-order valence-corrected chi connectivity index (χ3v) is 6.86. The molecule has 0 amide bonds. The fraction of sp³-hybridized carbons (Fsp3) is 0.167. The number of benzene rings is 2. The van der Waals surface area contributed by atoms with E-state index in [2.05, 4.69) is 49.2 Å². The van der Waals surface area contributed by atoms with Crippen LogP contribution in [0.15, 0.2) is 81.7 Å². The van der Waals surface area contributed by atoms with Crippen molar-refractivity contribution in [1.82, 2.24) is 25.0 Å². The molecule has 0 aliphatic rings. The van der Waals surface area contributed by atoms with E-state index in [1.807, 2.05) is 47.8 Å². The van der Waals surface area contributed by atoms with E-state index in [-0.39, 0.29) is 0 Å². The molecule has 0 saturated heterocycles. The lowest BCUT2D eigenvalue weighted by Crippen LogP contribution is -2.06. The second-order valence-corrected chi connectivity index (χ2v) is 9.05. The summed E-state index contributed by atoms with van der Waals surface area (Å²) in [5.41, 5.74) is 2.16. The molecule has 3 heterocycles. The van der Waals surface area contributed by atoms with E-state index in [4.69, 9.17) is 9.15 Å². The second kappa shape index (κ2) is 10.0. The van der Waals surface area contributed by atoms with Crippen molar-refractivity contribution in [2.45, 2.75) is 23.9 Å². The molecular formula is C24H21N5O2S2. The van der Waals surface area contributed by atoms with Gasteiger partial charge in [-0.2, -0.15) is 0 Å². The molecule has 7 nitrogen and oxygen atoms in total. The number of aromatic nitrogens is 5. The van der Waals surface area contributed by atoms with Crippen LogP contribution in [-0.2, 0) is 18.7 Å². The average Bonchev–Trinajstić information content (AvgIpc) is 3.63. The van der Waals surface area contributed by atoms with Gasteiger partial charge in [0, 0.05) is 6.54 Å². The summed E-state index contributed by atoms with van der Waals surface area (Å²) in [7, 11) is 1.67. The van der Waals surface area contributed by atoms with E-state index in [0.29, 0.717) is 17.5 Å². The lowest BCUT2D eigenvalue weighted by atomic mass is 10.1. The van der Waals surface area contributed by atoms with Crippen LogP contribution in [0.1, 0.15) is 11.5 Å². The normalized spacial score (nSPS) is 11.1. The number of para-hydroxylation sites is 1. The highest BCUT2D eigenvalue weighted by atomic mass is 32.2. The topological polar surface area (TPSA) is 78.9 Å². The minimum atomic E-state index is 0.508. The number of ether oxygens (including phenoxy) is 1. The Morgan fingerprint density at radius 2 is 1.79 bits per heavy atom. The fourth-order valence-electron chi connectivity index (χ4n) is 3.45. The standard InChI is InChI=1S/C24H21N5O2S2/c1-30-19-11-6-5-10-18(19)22-26-28-24(29(22)14-13-17-8-3-2-4-9-17)33-16-21-25-27-23(31-21)20-12-7-15-32-20/h2-12,15H,13-14,16H2,1H3. The molecule has 3 aromatic heterocycles. The van der Waals surface area contributed by atoms with Crippen LogP contribution in [0.25, 0.3) is 22.2 Å². The zero-order valence-corrected chi connectivity index (χ0v) is 19.6. The summed E-state index contributed by atoms with van der Waals surface area (Å²) >= 11 is 3.10. The average molecular weight is 476 g/mol. The molecular weight excluding hydrogens is 454 g/mol. The van der Waals surface area contributed by atoms with Crippen molar-refractivity contribution < 1.29 is 9.15 Å². The Bertz CT molecular complexity index is 1320. The predicted octanol–water partition coefficient (Wildman–Crippen LogP) is 5.60. The summed E-state index contributed by atoms with van der Waals surface area (Å²) in [5.74, 6) is 3.14. The van der Waals surface area contributed by atoms with E-state index >= 15 is 0 Å². The molecule has 9 heteroatoms. The van der Waals surface area contributed by atoms with Crippen LogP contribution in [-0.4, -0.2) is 32.1 Å². The van der Waals surface area contributed by atoms with Crippen LogP contribution in [0.4, 0.5) is 0 Å². The molecule has 0 atom stereocenters. The number of thiophene rings is 1. The van der Waals surface area contributed by atoms with Gasteiger partial charge >= 0.3 is 0 Å². The maximum absolute atomic E-state index is 5.84. The van der Waals surface area contributed by atoms with Crippen molar-refractivity contribution in [3.05, 3.63) is 83.6 Å². The Balaban J connectivity index is 1.40. The van der Waals surface area contributed by atoms with Gasteiger partial charge in [0.1, 0.15) is 5.75 Å². The molecule has 166 valence electrons. The molecule has 0 N–H and O–H groups in total. The quantitative estimate of drug-likeness (QED) is 0.257. The zero-order valence-electron chi connectivity index (χ0n) is 17.9. The molecule has 5 aromatic rings. The molecule has 0 unspecified atom stereocenters. The fourth-order valence-corrected chi connectivity index (χ4v) is 4.89. The minimum Gasteiger partial charge on any atom is -0.496 e. The van der Waals surface area contributed by atoms with E-state index in [1.54, 1.807) is 18.4 Å². The maximum Gasteiger partial charge on any atom is 0.257 e. The van der Waals surface area contributed by atoms with E-state index in [1.165, 1.54) is 17.3 Å². The van der Waals surface area contributed by atoms with Crippen molar-refractivity contribution in [3.63, 3.8) is 0 Å². The van der Waals surface area contributed by atoms with Gasteiger partial charge in [0.05, 0.1) is 23.3 Å². The Hall–Kier alpha value is -3.43. The van der Waals surface area contributed by atoms with Crippen molar-refractivity contribution in [2.24, 2.45) is 0 Å². The van der Waals surface area contributed by atoms with Gasteiger partial charge in [-0.15, -0.1) is 31.7 Å². The van der Waals surface area contributed by atoms with Gasteiger partial charge in [0.25, 0.3) is 5.89 Å². The van der Waals surface area contributed by atoms with Crippen LogP contribution < -0.4 is 4.74 Å². The molecule has 5 rings (SSSR count). The van der Waals surface area contributed by atoms with Crippen LogP contribution in [0, 0.1) is 0 Å². The van der Waals surface area contributed by atoms with Gasteiger partial charge in [-0.1, -0.05) is 60.3 Å². The van der Waals surface area contributed by atoms with Crippen molar-refractivity contribution in [1.29, 1.82) is 0 Å². The highest BCUT2D eigenvalue weighted by molar-refractivity contribution is 7.98. The molecule has 33 heavy (non-hydrogen) atoms. The molecule has 2 aromatic carbocycles. The second-order valence-electron chi connectivity index (χ2n) is 7.16. The molecule has 0 bridgehead atoms. The summed E-state index contributed by atoms with van der Waals surface area (Å²) < 4.78 is 13.5. The third kappa shape index (κ3) is 4.84. The lowest BCUT2D eigenvalue weighted by Gasteiger charge is -2.12. The Morgan fingerprint density at radius 3 is 2.61 bits per heavy atom. The summed E-state index contributed by atoms with van der Waals surface area (Å²) in [4.78, 5) is 0.961. The van der Waals surface area contributed by atoms with E-state index in [9.17, 15) is 0 Å². The van der Waals surface area contributed by atoms with Crippen molar-refractivity contribution >= 4 is 23.1 Å². The van der Waals surface area contributed by atoms with Gasteiger partial charge in [-0.25, -0.2) is 0 Å². The van der Waals surface area contributed by atoms with Gasteiger partial charge in [0.2, 0.25) is 5.89 Å². The summed E-state index contributed by atoms with van der Waals surface area (Å²) in [6.45, 7) is 0.733. The van der Waals surface area contributed by atoms with Gasteiger partial charge in [0.15, 0.2) is 11.0 Å². The smallest absolute Gasteiger partial charge is 0.257 e. The monoisotopic (exact) mass is 475 g/mol. The Kier molecular flexibility index (Phi) is 6.50. The number of nitrogens with zero attached hydrogens (tertiary/aromatic N) is 5. The Labute approximate surface area is 199 Å². The number of hydrogen-bond acceptors (Lipinski definition) is 8. The van der Waals surface area contributed by atoms with Crippen LogP contribution in [0.2, 0.25) is 0 Å². The first-order valence-corrected chi connectivity index (χ1v) is 12.3. The van der Waals surface area contributed by atoms with Crippen molar-refractivity contribution in [2.75, 3.05) is 7.11 Å². The Morgan fingerprint density at radius 1 is 0.939 bits per heavy atom. The van der Waals surface area contributed by atoms with Crippen molar-refractivity contribution in [3.8, 4) is 27.9 Å². The number of rotatable bonds is 9. The number of hydrogen-bond donors (Lipinski definition) is 0. The van der Waals surface area contributed by atoms with Gasteiger partial charge in [-0.05, 0) is 35.6 Å². The van der Waals surface area contributed by atoms with E-state index in [0.717, 1.165) is 40.1 Å². The van der Waals surface area contributed by atoms with Crippen LogP contribution in [0.3, 0.4) is 0 Å². The number of aryl methyl sites for hydroxylation is 1. The molecule has 0 aliphatic heterocycles. The highest BCUT2D eigenvalue weighted by Crippen LogP contribution is 2.32. The first kappa shape index (κ1) is 21.4. The number of thioether (sulfide) groups is 1. The lowest BCUT2D eigenvalue weighted by molar-refractivity contribution is 0.415. The predicted molar refractivity (Wildman–Crippen MR) is 129 cm³/mol. The first-order valence-electron chi connectivity index (χ1n) is 10.4. The number of methoxy groups -OCH3 is 1. The molecule has 0 aliphatic carbocycles. The van der Waals surface area contributed by atoms with Gasteiger partial charge < -0.3 is 13.7 Å². The molecule has 0 fully saturated rings. The molecule has 0 saturated carbocycles. The first-order chi connectivity index (χ1) is 16.3. The summed E-state index contributed by atoms with van der Waals surface area (Å²) in [5, 5.41) is 20.1. The van der Waals surface area contributed by atoms with Gasteiger partial charge in [-0.3, -0.25) is 0 Å². The third-order valence-electron chi connectivity index (χ3n) is 5.06. The summed E-state index contributed by atoms with van der Waals surface area (Å²) in [6.07, 6.45) is 0.859. The van der Waals surface area contributed by atoms with Crippen LogP contribution in [0.5, 0.6) is 5.75 Å². The molecule has 0 radical (unpaired) electrons. The summed E-state index contributed by atoms with van der Waals surface area (Å²) in [6, 6.07) is 22.2. The SMILES string of the molecule is COc1ccccc1-c1nnc(SCc2nnc(-c3cccs3)o2)n1CCc1ccccc1. The molecule has 0 spiro atoms. The highest BCUT2D eigenvalue weighted by Gasteiger charge is 2.19. The maximum atomic E-state index is 5.84. The van der Waals surface area contributed by atoms with Crippen LogP contribution >= 0.6 is 23.1 Å². The zero-order chi connectivity index (χ0) is 22.5.